The predicted molar refractivity (Wildman–Crippen MR) is 80.2 cm³/mol. The van der Waals surface area contributed by atoms with E-state index in [2.05, 4.69) is 10.3 Å². The van der Waals surface area contributed by atoms with Crippen molar-refractivity contribution >= 4 is 17.2 Å². The quantitative estimate of drug-likeness (QED) is 0.889. The van der Waals surface area contributed by atoms with Gasteiger partial charge < -0.3 is 10.1 Å². The summed E-state index contributed by atoms with van der Waals surface area (Å²) in [6.07, 6.45) is 0.931. The number of carbonyl (C=O) groups is 1. The number of nitrogens with one attached hydrogen (secondary N) is 1. The van der Waals surface area contributed by atoms with Crippen LogP contribution in [-0.4, -0.2) is 17.4 Å². The minimum atomic E-state index is -0.0473. The Bertz CT molecular complexity index is 564. The van der Waals surface area contributed by atoms with Crippen LogP contribution in [-0.2, 0) is 6.61 Å². The maximum Gasteiger partial charge on any atom is 0.251 e. The van der Waals surface area contributed by atoms with Gasteiger partial charge in [0.1, 0.15) is 17.4 Å². The number of thiazole rings is 1. The van der Waals surface area contributed by atoms with Gasteiger partial charge >= 0.3 is 0 Å². The molecule has 0 aliphatic heterocycles. The summed E-state index contributed by atoms with van der Waals surface area (Å²) in [5.41, 5.74) is 1.66. The van der Waals surface area contributed by atoms with E-state index in [0.29, 0.717) is 18.7 Å². The summed E-state index contributed by atoms with van der Waals surface area (Å²) < 4.78 is 5.64. The molecule has 1 heterocycles. The highest BCUT2D eigenvalue weighted by molar-refractivity contribution is 7.09. The van der Waals surface area contributed by atoms with Crippen molar-refractivity contribution in [3.05, 3.63) is 45.9 Å². The molecule has 1 aromatic carbocycles. The van der Waals surface area contributed by atoms with Crippen molar-refractivity contribution in [2.45, 2.75) is 26.9 Å². The second-order valence-corrected chi connectivity index (χ2v) is 5.39. The van der Waals surface area contributed by atoms with Crippen molar-refractivity contribution < 1.29 is 9.53 Å². The normalized spacial score (nSPS) is 10.3. The van der Waals surface area contributed by atoms with Crippen LogP contribution in [0.2, 0.25) is 0 Å². The second kappa shape index (κ2) is 7.05. The molecule has 2 aromatic rings. The summed E-state index contributed by atoms with van der Waals surface area (Å²) in [6.45, 7) is 5.14. The molecule has 2 rings (SSSR count). The van der Waals surface area contributed by atoms with Gasteiger partial charge in [-0.25, -0.2) is 4.98 Å². The Kier molecular flexibility index (Phi) is 5.12. The van der Waals surface area contributed by atoms with Gasteiger partial charge in [0.15, 0.2) is 0 Å². The van der Waals surface area contributed by atoms with Gasteiger partial charge in [0.25, 0.3) is 5.91 Å². The maximum atomic E-state index is 11.7. The zero-order valence-corrected chi connectivity index (χ0v) is 12.5. The number of nitrogens with zero attached hydrogens (tertiary/aromatic N) is 1. The smallest absolute Gasteiger partial charge is 0.251 e. The van der Waals surface area contributed by atoms with E-state index < -0.39 is 0 Å². The molecule has 0 saturated carbocycles. The molecule has 0 spiro atoms. The minimum Gasteiger partial charge on any atom is -0.486 e. The highest BCUT2D eigenvalue weighted by Crippen LogP contribution is 2.16. The third-order valence-electron chi connectivity index (χ3n) is 2.68. The van der Waals surface area contributed by atoms with Crippen molar-refractivity contribution in [1.82, 2.24) is 10.3 Å². The lowest BCUT2D eigenvalue weighted by molar-refractivity contribution is 0.0953. The fraction of sp³-hybridized carbons (Fsp3) is 0.333. The summed E-state index contributed by atoms with van der Waals surface area (Å²) >= 11 is 1.59. The summed E-state index contributed by atoms with van der Waals surface area (Å²) in [5, 5.41) is 5.79. The first kappa shape index (κ1) is 14.5. The SMILES string of the molecule is CCCNC(=O)c1ccc(OCc2nc(C)cs2)cc1. The average molecular weight is 290 g/mol. The molecule has 5 heteroatoms. The van der Waals surface area contributed by atoms with Crippen LogP contribution in [0, 0.1) is 6.92 Å². The molecule has 0 aliphatic carbocycles. The van der Waals surface area contributed by atoms with Crippen LogP contribution in [0.25, 0.3) is 0 Å². The van der Waals surface area contributed by atoms with Gasteiger partial charge in [-0.1, -0.05) is 6.92 Å². The van der Waals surface area contributed by atoms with Crippen molar-refractivity contribution in [3.8, 4) is 5.75 Å². The zero-order valence-electron chi connectivity index (χ0n) is 11.7. The summed E-state index contributed by atoms with van der Waals surface area (Å²) in [5.74, 6) is 0.693. The Morgan fingerprint density at radius 2 is 2.10 bits per heavy atom. The first-order chi connectivity index (χ1) is 9.69. The molecule has 0 fully saturated rings. The minimum absolute atomic E-state index is 0.0473. The molecule has 0 radical (unpaired) electrons. The molecule has 1 N–H and O–H groups in total. The maximum absolute atomic E-state index is 11.7. The number of aromatic nitrogens is 1. The second-order valence-electron chi connectivity index (χ2n) is 4.45. The van der Waals surface area contributed by atoms with Crippen molar-refractivity contribution in [2.75, 3.05) is 6.54 Å². The van der Waals surface area contributed by atoms with Crippen LogP contribution in [0.5, 0.6) is 5.75 Å². The first-order valence-electron chi connectivity index (χ1n) is 6.61. The van der Waals surface area contributed by atoms with Crippen LogP contribution in [0.3, 0.4) is 0 Å². The van der Waals surface area contributed by atoms with E-state index in [-0.39, 0.29) is 5.91 Å². The zero-order chi connectivity index (χ0) is 14.4. The van der Waals surface area contributed by atoms with Gasteiger partial charge in [-0.3, -0.25) is 4.79 Å². The average Bonchev–Trinajstić information content (AvgIpc) is 2.89. The summed E-state index contributed by atoms with van der Waals surface area (Å²) in [7, 11) is 0. The number of hydrogen-bond acceptors (Lipinski definition) is 4. The van der Waals surface area contributed by atoms with Gasteiger partial charge in [-0.2, -0.15) is 0 Å². The Labute approximate surface area is 122 Å². The fourth-order valence-corrected chi connectivity index (χ4v) is 2.34. The number of benzene rings is 1. The van der Waals surface area contributed by atoms with Crippen LogP contribution in [0.15, 0.2) is 29.6 Å². The molecular formula is C15H18N2O2S. The predicted octanol–water partition coefficient (Wildman–Crippen LogP) is 3.17. The van der Waals surface area contributed by atoms with E-state index in [1.165, 1.54) is 0 Å². The highest BCUT2D eigenvalue weighted by atomic mass is 32.1. The molecule has 1 amide bonds. The Hall–Kier alpha value is -1.88. The Morgan fingerprint density at radius 1 is 1.35 bits per heavy atom. The number of ether oxygens (including phenoxy) is 1. The Morgan fingerprint density at radius 3 is 2.70 bits per heavy atom. The number of rotatable bonds is 6. The molecule has 0 saturated heterocycles. The summed E-state index contributed by atoms with van der Waals surface area (Å²) in [4.78, 5) is 16.1. The molecule has 0 unspecified atom stereocenters. The molecule has 1 aromatic heterocycles. The standard InChI is InChI=1S/C15H18N2O2S/c1-3-8-16-15(18)12-4-6-13(7-5-12)19-9-14-17-11(2)10-20-14/h4-7,10H,3,8-9H2,1-2H3,(H,16,18). The van der Waals surface area contributed by atoms with Crippen LogP contribution in [0.4, 0.5) is 0 Å². The topological polar surface area (TPSA) is 51.2 Å². The fourth-order valence-electron chi connectivity index (χ4n) is 1.66. The third-order valence-corrected chi connectivity index (χ3v) is 3.62. The van der Waals surface area contributed by atoms with E-state index in [1.54, 1.807) is 35.6 Å². The van der Waals surface area contributed by atoms with Gasteiger partial charge in [0.2, 0.25) is 0 Å². The third kappa shape index (κ3) is 4.06. The van der Waals surface area contributed by atoms with E-state index in [1.807, 2.05) is 19.2 Å². The van der Waals surface area contributed by atoms with Crippen molar-refractivity contribution in [3.63, 3.8) is 0 Å². The lowest BCUT2D eigenvalue weighted by Crippen LogP contribution is -2.23. The van der Waals surface area contributed by atoms with Gasteiger partial charge in [0, 0.05) is 23.2 Å². The van der Waals surface area contributed by atoms with Gasteiger partial charge in [-0.05, 0) is 37.6 Å². The van der Waals surface area contributed by atoms with Crippen LogP contribution < -0.4 is 10.1 Å². The molecular weight excluding hydrogens is 272 g/mol. The molecule has 20 heavy (non-hydrogen) atoms. The van der Waals surface area contributed by atoms with E-state index in [0.717, 1.165) is 22.9 Å². The monoisotopic (exact) mass is 290 g/mol. The number of hydrogen-bond donors (Lipinski definition) is 1. The number of amides is 1. The molecule has 4 nitrogen and oxygen atoms in total. The van der Waals surface area contributed by atoms with Crippen LogP contribution in [0.1, 0.15) is 34.4 Å². The molecule has 106 valence electrons. The van der Waals surface area contributed by atoms with Crippen molar-refractivity contribution in [1.29, 1.82) is 0 Å². The van der Waals surface area contributed by atoms with E-state index in [9.17, 15) is 4.79 Å². The van der Waals surface area contributed by atoms with E-state index in [4.69, 9.17) is 4.74 Å². The first-order valence-corrected chi connectivity index (χ1v) is 7.49. The van der Waals surface area contributed by atoms with Crippen LogP contribution >= 0.6 is 11.3 Å². The van der Waals surface area contributed by atoms with Gasteiger partial charge in [-0.15, -0.1) is 11.3 Å². The summed E-state index contributed by atoms with van der Waals surface area (Å²) in [6, 6.07) is 7.16. The van der Waals surface area contributed by atoms with Gasteiger partial charge in [0.05, 0.1) is 0 Å². The molecule has 0 bridgehead atoms. The highest BCUT2D eigenvalue weighted by Gasteiger charge is 2.05. The largest absolute Gasteiger partial charge is 0.486 e. The molecule has 0 aliphatic rings. The number of aryl methyl sites for hydroxylation is 1. The molecule has 0 atom stereocenters. The lowest BCUT2D eigenvalue weighted by Gasteiger charge is -2.06. The number of carbonyl (C=O) groups excluding carboxylic acids is 1. The Balaban J connectivity index is 1.89. The van der Waals surface area contributed by atoms with Crippen molar-refractivity contribution in [2.24, 2.45) is 0 Å². The van der Waals surface area contributed by atoms with E-state index >= 15 is 0 Å². The lowest BCUT2D eigenvalue weighted by atomic mass is 10.2.